The van der Waals surface area contributed by atoms with Crippen LogP contribution >= 0.6 is 0 Å². The number of carbonyl (C=O) groups is 1. The van der Waals surface area contributed by atoms with Gasteiger partial charge >= 0.3 is 0 Å². The van der Waals surface area contributed by atoms with Gasteiger partial charge in [0.25, 0.3) is 0 Å². The number of rotatable bonds is 1. The Morgan fingerprint density at radius 3 is 2.64 bits per heavy atom. The summed E-state index contributed by atoms with van der Waals surface area (Å²) in [4.78, 5) is 12.7. The number of ether oxygens (including phenoxy) is 1. The van der Waals surface area contributed by atoms with Gasteiger partial charge in [-0.15, -0.1) is 0 Å². The summed E-state index contributed by atoms with van der Waals surface area (Å²) in [6.45, 7) is 1.50. The van der Waals surface area contributed by atoms with Gasteiger partial charge in [-0.05, 0) is 31.4 Å². The molecule has 120 valence electrons. The lowest BCUT2D eigenvalue weighted by Gasteiger charge is -2.46. The van der Waals surface area contributed by atoms with Gasteiger partial charge in [-0.2, -0.15) is 0 Å². The van der Waals surface area contributed by atoms with Crippen molar-refractivity contribution >= 4 is 5.78 Å². The number of hydrogen-bond donors (Lipinski definition) is 4. The number of phenolic OH excluding ortho intramolecular Hbond substituents is 1. The number of hydrogen-bond acceptors (Lipinski definition) is 6. The normalized spacial score (nSPS) is 37.4. The Bertz CT molecular complexity index is 623. The van der Waals surface area contributed by atoms with Crippen molar-refractivity contribution in [3.63, 3.8) is 0 Å². The van der Waals surface area contributed by atoms with Gasteiger partial charge in [0, 0.05) is 17.9 Å². The minimum absolute atomic E-state index is 0.0679. The van der Waals surface area contributed by atoms with Crippen molar-refractivity contribution in [2.45, 2.75) is 37.6 Å². The van der Waals surface area contributed by atoms with E-state index in [1.807, 2.05) is 0 Å². The van der Waals surface area contributed by atoms with E-state index in [9.17, 15) is 25.2 Å². The summed E-state index contributed by atoms with van der Waals surface area (Å²) in [5.74, 6) is -1.30. The smallest absolute Gasteiger partial charge is 0.170 e. The van der Waals surface area contributed by atoms with Gasteiger partial charge in [0.05, 0.1) is 30.5 Å². The second kappa shape index (κ2) is 4.94. The van der Waals surface area contributed by atoms with Crippen LogP contribution in [0.1, 0.15) is 41.8 Å². The highest BCUT2D eigenvalue weighted by molar-refractivity contribution is 6.03. The molecule has 2 aliphatic carbocycles. The van der Waals surface area contributed by atoms with E-state index >= 15 is 0 Å². The molecule has 3 unspecified atom stereocenters. The van der Waals surface area contributed by atoms with Crippen molar-refractivity contribution in [3.8, 4) is 11.5 Å². The quantitative estimate of drug-likeness (QED) is 0.610. The summed E-state index contributed by atoms with van der Waals surface area (Å²) < 4.78 is 5.07. The van der Waals surface area contributed by atoms with Crippen LogP contribution in [-0.2, 0) is 0 Å². The average Bonchev–Trinajstić information content (AvgIpc) is 2.46. The summed E-state index contributed by atoms with van der Waals surface area (Å²) in [5.41, 5.74) is -0.945. The van der Waals surface area contributed by atoms with E-state index in [4.69, 9.17) is 4.74 Å². The number of aliphatic hydroxyl groups is 3. The molecule has 6 nitrogen and oxygen atoms in total. The van der Waals surface area contributed by atoms with Crippen LogP contribution in [0.2, 0.25) is 0 Å². The van der Waals surface area contributed by atoms with Crippen LogP contribution in [0.4, 0.5) is 0 Å². The molecular formula is C16H20O6. The van der Waals surface area contributed by atoms with Crippen LogP contribution in [0, 0.1) is 11.8 Å². The Morgan fingerprint density at radius 1 is 1.32 bits per heavy atom. The van der Waals surface area contributed by atoms with Crippen molar-refractivity contribution in [2.24, 2.45) is 11.8 Å². The molecule has 0 spiro atoms. The van der Waals surface area contributed by atoms with E-state index in [1.54, 1.807) is 0 Å². The molecule has 0 amide bonds. The van der Waals surface area contributed by atoms with Gasteiger partial charge in [0.15, 0.2) is 5.78 Å². The molecule has 0 aliphatic heterocycles. The predicted molar refractivity (Wildman–Crippen MR) is 76.8 cm³/mol. The third-order valence-electron chi connectivity index (χ3n) is 5.03. The van der Waals surface area contributed by atoms with Gasteiger partial charge in [0.1, 0.15) is 11.5 Å². The minimum atomic E-state index is -1.35. The topological polar surface area (TPSA) is 107 Å². The lowest BCUT2D eigenvalue weighted by molar-refractivity contribution is -0.131. The largest absolute Gasteiger partial charge is 0.507 e. The number of ketones is 1. The van der Waals surface area contributed by atoms with Crippen LogP contribution in [0.15, 0.2) is 12.1 Å². The molecule has 2 aliphatic rings. The number of phenols is 1. The number of aliphatic hydroxyl groups excluding tert-OH is 2. The van der Waals surface area contributed by atoms with Gasteiger partial charge in [-0.25, -0.2) is 0 Å². The molecule has 0 bridgehead atoms. The highest BCUT2D eigenvalue weighted by Crippen LogP contribution is 2.50. The van der Waals surface area contributed by atoms with Crippen LogP contribution in [0.5, 0.6) is 11.5 Å². The Balaban J connectivity index is 2.10. The van der Waals surface area contributed by atoms with Gasteiger partial charge < -0.3 is 25.2 Å². The number of Topliss-reactive ketones (excluding diaryl/α,β-unsaturated/α-hetero) is 1. The molecular weight excluding hydrogens is 288 g/mol. The molecule has 0 saturated heterocycles. The monoisotopic (exact) mass is 308 g/mol. The van der Waals surface area contributed by atoms with Crippen LogP contribution < -0.4 is 4.74 Å². The summed E-state index contributed by atoms with van der Waals surface area (Å²) >= 11 is 0. The van der Waals surface area contributed by atoms with Gasteiger partial charge in [-0.1, -0.05) is 0 Å². The SMILES string of the molecule is COc1cc(O)c2c(c1)[C@H](O)C1C[C@](C)(O)C(O)CC1C2=O. The molecule has 4 N–H and O–H groups in total. The highest BCUT2D eigenvalue weighted by atomic mass is 16.5. The first kappa shape index (κ1) is 15.3. The first-order valence-electron chi connectivity index (χ1n) is 7.30. The first-order chi connectivity index (χ1) is 10.3. The molecule has 1 fully saturated rings. The maximum atomic E-state index is 12.7. The van der Waals surface area contributed by atoms with E-state index in [0.717, 1.165) is 0 Å². The minimum Gasteiger partial charge on any atom is -0.507 e. The summed E-state index contributed by atoms with van der Waals surface area (Å²) in [6, 6.07) is 2.87. The van der Waals surface area contributed by atoms with E-state index < -0.39 is 29.6 Å². The fraction of sp³-hybridized carbons (Fsp3) is 0.562. The van der Waals surface area contributed by atoms with Crippen LogP contribution in [0.25, 0.3) is 0 Å². The number of fused-ring (bicyclic) bond motifs is 2. The van der Waals surface area contributed by atoms with Crippen molar-refractivity contribution < 1.29 is 30.0 Å². The Morgan fingerprint density at radius 2 is 2.00 bits per heavy atom. The van der Waals surface area contributed by atoms with Crippen molar-refractivity contribution in [3.05, 3.63) is 23.3 Å². The lowest BCUT2D eigenvalue weighted by atomic mass is 9.62. The zero-order chi connectivity index (χ0) is 16.2. The number of benzene rings is 1. The molecule has 1 aromatic carbocycles. The summed E-state index contributed by atoms with van der Waals surface area (Å²) in [5, 5.41) is 41.0. The second-order valence-corrected chi connectivity index (χ2v) is 6.50. The van der Waals surface area contributed by atoms with E-state index in [2.05, 4.69) is 0 Å². The lowest BCUT2D eigenvalue weighted by Crippen LogP contribution is -2.52. The maximum Gasteiger partial charge on any atom is 0.170 e. The molecule has 0 radical (unpaired) electrons. The van der Waals surface area contributed by atoms with Gasteiger partial charge in [-0.3, -0.25) is 4.79 Å². The molecule has 6 heteroatoms. The predicted octanol–water partition coefficient (Wildman–Crippen LogP) is 0.769. The Hall–Kier alpha value is -1.63. The third kappa shape index (κ3) is 2.10. The van der Waals surface area contributed by atoms with Crippen molar-refractivity contribution in [2.75, 3.05) is 7.11 Å². The fourth-order valence-corrected chi connectivity index (χ4v) is 3.72. The zero-order valence-electron chi connectivity index (χ0n) is 12.5. The van der Waals surface area contributed by atoms with Crippen molar-refractivity contribution in [1.82, 2.24) is 0 Å². The molecule has 0 heterocycles. The second-order valence-electron chi connectivity index (χ2n) is 6.50. The molecule has 5 atom stereocenters. The standard InChI is InChI=1S/C16H20O6/c1-16(21)6-10-8(5-12(16)18)15(20)13-9(14(10)19)3-7(22-2)4-11(13)17/h3-4,8,10,12,14,17-19,21H,5-6H2,1-2H3/t8?,10?,12?,14-,16-/m0/s1. The molecule has 1 aromatic rings. The Labute approximate surface area is 128 Å². The average molecular weight is 308 g/mol. The van der Waals surface area contributed by atoms with E-state index in [0.29, 0.717) is 11.3 Å². The molecule has 3 rings (SSSR count). The third-order valence-corrected chi connectivity index (χ3v) is 5.03. The molecule has 1 saturated carbocycles. The summed E-state index contributed by atoms with van der Waals surface area (Å²) in [7, 11) is 1.43. The van der Waals surface area contributed by atoms with Crippen molar-refractivity contribution in [1.29, 1.82) is 0 Å². The van der Waals surface area contributed by atoms with E-state index in [-0.39, 0.29) is 29.9 Å². The van der Waals surface area contributed by atoms with Crippen LogP contribution in [0.3, 0.4) is 0 Å². The highest BCUT2D eigenvalue weighted by Gasteiger charge is 2.52. The van der Waals surface area contributed by atoms with E-state index in [1.165, 1.54) is 26.2 Å². The molecule has 0 aromatic heterocycles. The fourth-order valence-electron chi connectivity index (χ4n) is 3.72. The summed E-state index contributed by atoms with van der Waals surface area (Å²) in [6.07, 6.45) is -1.86. The molecule has 22 heavy (non-hydrogen) atoms. The maximum absolute atomic E-state index is 12.7. The Kier molecular flexibility index (Phi) is 3.43. The van der Waals surface area contributed by atoms with Crippen LogP contribution in [-0.4, -0.2) is 45.0 Å². The number of methoxy groups -OCH3 is 1. The number of carbonyl (C=O) groups excluding carboxylic acids is 1. The number of aromatic hydroxyl groups is 1. The zero-order valence-corrected chi connectivity index (χ0v) is 12.5. The first-order valence-corrected chi connectivity index (χ1v) is 7.30. The van der Waals surface area contributed by atoms with Gasteiger partial charge in [0.2, 0.25) is 0 Å².